The number of hydrogen-bond acceptors (Lipinski definition) is 5. The molecule has 2 heterocycles. The van der Waals surface area contributed by atoms with Crippen LogP contribution in [0.15, 0.2) is 42.5 Å². The second-order valence-electron chi connectivity index (χ2n) is 8.39. The molecule has 2 aromatic rings. The standard InChI is InChI=1S/C24H28N2O4S/c1-30-23-15-19(16-25-17-21-5-3-4-6-22(21)18-25)7-8-20(23)9-10-24(27)11-13-26(14-12-24)31(2,28)29/h3-8,15,27H,11-14,16-18H2,1-2H3. The van der Waals surface area contributed by atoms with Crippen LogP contribution in [0.5, 0.6) is 5.75 Å². The number of nitrogens with zero attached hydrogens (tertiary/aromatic N) is 2. The molecule has 164 valence electrons. The minimum absolute atomic E-state index is 0.276. The Hall–Kier alpha value is -2.37. The molecule has 0 atom stereocenters. The predicted molar refractivity (Wildman–Crippen MR) is 120 cm³/mol. The summed E-state index contributed by atoms with van der Waals surface area (Å²) in [5.41, 5.74) is 3.44. The monoisotopic (exact) mass is 440 g/mol. The van der Waals surface area contributed by atoms with Gasteiger partial charge < -0.3 is 9.84 Å². The van der Waals surface area contributed by atoms with Gasteiger partial charge in [0.05, 0.1) is 18.9 Å². The fourth-order valence-corrected chi connectivity index (χ4v) is 5.05. The molecule has 0 spiro atoms. The lowest BCUT2D eigenvalue weighted by Gasteiger charge is -2.33. The Morgan fingerprint density at radius 1 is 1.10 bits per heavy atom. The van der Waals surface area contributed by atoms with Crippen molar-refractivity contribution in [3.05, 3.63) is 64.7 Å². The van der Waals surface area contributed by atoms with E-state index in [1.807, 2.05) is 18.2 Å². The highest BCUT2D eigenvalue weighted by Gasteiger charge is 2.33. The first kappa shape index (κ1) is 21.8. The molecule has 1 N–H and O–H groups in total. The third-order valence-corrected chi connectivity index (χ3v) is 7.33. The summed E-state index contributed by atoms with van der Waals surface area (Å²) >= 11 is 0. The van der Waals surface area contributed by atoms with Gasteiger partial charge in [-0.2, -0.15) is 0 Å². The highest BCUT2D eigenvalue weighted by atomic mass is 32.2. The van der Waals surface area contributed by atoms with Gasteiger partial charge in [-0.25, -0.2) is 12.7 Å². The topological polar surface area (TPSA) is 70.1 Å². The van der Waals surface area contributed by atoms with E-state index in [1.165, 1.54) is 21.7 Å². The Morgan fingerprint density at radius 2 is 1.74 bits per heavy atom. The highest BCUT2D eigenvalue weighted by molar-refractivity contribution is 7.88. The Bertz CT molecular complexity index is 1100. The van der Waals surface area contributed by atoms with Crippen molar-refractivity contribution in [1.82, 2.24) is 9.21 Å². The van der Waals surface area contributed by atoms with Crippen LogP contribution >= 0.6 is 0 Å². The van der Waals surface area contributed by atoms with Gasteiger partial charge in [0.1, 0.15) is 11.4 Å². The molecule has 0 radical (unpaired) electrons. The molecule has 0 amide bonds. The van der Waals surface area contributed by atoms with E-state index in [2.05, 4.69) is 41.0 Å². The highest BCUT2D eigenvalue weighted by Crippen LogP contribution is 2.27. The molecule has 0 aromatic heterocycles. The van der Waals surface area contributed by atoms with Gasteiger partial charge in [0, 0.05) is 45.6 Å². The van der Waals surface area contributed by atoms with E-state index in [1.54, 1.807) is 7.11 Å². The maximum Gasteiger partial charge on any atom is 0.211 e. The molecule has 7 heteroatoms. The fourth-order valence-electron chi connectivity index (χ4n) is 4.21. The summed E-state index contributed by atoms with van der Waals surface area (Å²) in [5, 5.41) is 10.8. The summed E-state index contributed by atoms with van der Waals surface area (Å²) in [6.07, 6.45) is 1.78. The molecular weight excluding hydrogens is 412 g/mol. The van der Waals surface area contributed by atoms with Crippen molar-refractivity contribution in [3.63, 3.8) is 0 Å². The Kier molecular flexibility index (Phi) is 6.09. The summed E-state index contributed by atoms with van der Waals surface area (Å²) in [4.78, 5) is 2.39. The van der Waals surface area contributed by atoms with Crippen LogP contribution in [-0.2, 0) is 29.7 Å². The number of rotatable bonds is 4. The van der Waals surface area contributed by atoms with E-state index in [-0.39, 0.29) is 13.1 Å². The van der Waals surface area contributed by atoms with E-state index >= 15 is 0 Å². The zero-order valence-corrected chi connectivity index (χ0v) is 18.8. The number of hydrogen-bond donors (Lipinski definition) is 1. The van der Waals surface area contributed by atoms with Gasteiger partial charge in [0.15, 0.2) is 0 Å². The average molecular weight is 441 g/mol. The van der Waals surface area contributed by atoms with E-state index in [4.69, 9.17) is 4.74 Å². The molecule has 0 saturated carbocycles. The van der Waals surface area contributed by atoms with Crippen molar-refractivity contribution in [3.8, 4) is 17.6 Å². The molecule has 2 aliphatic rings. The van der Waals surface area contributed by atoms with Crippen LogP contribution in [0.4, 0.5) is 0 Å². The summed E-state index contributed by atoms with van der Waals surface area (Å²) in [6.45, 7) is 3.26. The number of aliphatic hydroxyl groups is 1. The smallest absolute Gasteiger partial charge is 0.211 e. The fraction of sp³-hybridized carbons (Fsp3) is 0.417. The SMILES string of the molecule is COc1cc(CN2Cc3ccccc3C2)ccc1C#CC1(O)CCN(S(C)(=O)=O)CC1. The Morgan fingerprint density at radius 3 is 2.32 bits per heavy atom. The van der Waals surface area contributed by atoms with Crippen molar-refractivity contribution >= 4 is 10.0 Å². The molecule has 1 saturated heterocycles. The van der Waals surface area contributed by atoms with Crippen molar-refractivity contribution in [2.45, 2.75) is 38.1 Å². The Labute approximate surface area is 184 Å². The number of fused-ring (bicyclic) bond motifs is 1. The lowest BCUT2D eigenvalue weighted by Crippen LogP contribution is -2.45. The lowest BCUT2D eigenvalue weighted by atomic mass is 9.93. The maximum absolute atomic E-state index is 11.7. The minimum Gasteiger partial charge on any atom is -0.495 e. The molecule has 2 aromatic carbocycles. The van der Waals surface area contributed by atoms with Gasteiger partial charge in [0.2, 0.25) is 10.0 Å². The summed E-state index contributed by atoms with van der Waals surface area (Å²) in [5.74, 6) is 6.70. The van der Waals surface area contributed by atoms with Gasteiger partial charge in [-0.15, -0.1) is 0 Å². The maximum atomic E-state index is 11.7. The first-order valence-electron chi connectivity index (χ1n) is 10.4. The van der Waals surface area contributed by atoms with Crippen molar-refractivity contribution in [2.24, 2.45) is 0 Å². The molecule has 6 nitrogen and oxygen atoms in total. The van der Waals surface area contributed by atoms with E-state index < -0.39 is 15.6 Å². The third kappa shape index (κ3) is 5.10. The van der Waals surface area contributed by atoms with Crippen LogP contribution in [0.1, 0.15) is 35.1 Å². The number of sulfonamides is 1. The van der Waals surface area contributed by atoms with Gasteiger partial charge in [-0.05, 0) is 28.8 Å². The second kappa shape index (κ2) is 8.64. The van der Waals surface area contributed by atoms with Crippen molar-refractivity contribution < 1.29 is 18.3 Å². The van der Waals surface area contributed by atoms with E-state index in [0.29, 0.717) is 18.6 Å². The van der Waals surface area contributed by atoms with Gasteiger partial charge in [0.25, 0.3) is 0 Å². The van der Waals surface area contributed by atoms with Crippen LogP contribution < -0.4 is 4.74 Å². The number of benzene rings is 2. The summed E-state index contributed by atoms with van der Waals surface area (Å²) in [6, 6.07) is 14.5. The van der Waals surface area contributed by atoms with E-state index in [0.717, 1.165) is 30.8 Å². The first-order valence-corrected chi connectivity index (χ1v) is 12.3. The van der Waals surface area contributed by atoms with Crippen LogP contribution in [0.3, 0.4) is 0 Å². The van der Waals surface area contributed by atoms with Gasteiger partial charge >= 0.3 is 0 Å². The van der Waals surface area contributed by atoms with Crippen LogP contribution in [0.2, 0.25) is 0 Å². The quantitative estimate of drug-likeness (QED) is 0.739. The molecule has 2 aliphatic heterocycles. The first-order chi connectivity index (χ1) is 14.8. The average Bonchev–Trinajstić information content (AvgIpc) is 3.14. The molecule has 4 rings (SSSR count). The summed E-state index contributed by atoms with van der Waals surface area (Å²) in [7, 11) is -1.62. The Balaban J connectivity index is 1.44. The number of piperidine rings is 1. The predicted octanol–water partition coefficient (Wildman–Crippen LogP) is 2.35. The van der Waals surface area contributed by atoms with Crippen molar-refractivity contribution in [1.29, 1.82) is 0 Å². The second-order valence-corrected chi connectivity index (χ2v) is 10.4. The molecule has 0 unspecified atom stereocenters. The third-order valence-electron chi connectivity index (χ3n) is 6.03. The number of methoxy groups -OCH3 is 1. The van der Waals surface area contributed by atoms with Crippen LogP contribution in [0, 0.1) is 11.8 Å². The van der Waals surface area contributed by atoms with Gasteiger partial charge in [-0.1, -0.05) is 42.2 Å². The zero-order chi connectivity index (χ0) is 22.1. The molecule has 1 fully saturated rings. The molecule has 0 aliphatic carbocycles. The number of ether oxygens (including phenoxy) is 1. The lowest BCUT2D eigenvalue weighted by molar-refractivity contribution is 0.0489. The van der Waals surface area contributed by atoms with Crippen LogP contribution in [0.25, 0.3) is 0 Å². The van der Waals surface area contributed by atoms with Gasteiger partial charge in [-0.3, -0.25) is 4.90 Å². The molecule has 0 bridgehead atoms. The zero-order valence-electron chi connectivity index (χ0n) is 18.0. The van der Waals surface area contributed by atoms with Crippen LogP contribution in [-0.4, -0.2) is 54.8 Å². The largest absolute Gasteiger partial charge is 0.495 e. The normalized spacial score (nSPS) is 18.8. The molecular formula is C24H28N2O4S. The molecule has 31 heavy (non-hydrogen) atoms. The van der Waals surface area contributed by atoms with E-state index in [9.17, 15) is 13.5 Å². The van der Waals surface area contributed by atoms with Crippen molar-refractivity contribution in [2.75, 3.05) is 26.5 Å². The summed E-state index contributed by atoms with van der Waals surface area (Å²) < 4.78 is 30.3. The minimum atomic E-state index is -3.24.